The molecule has 0 fully saturated rings. The van der Waals surface area contributed by atoms with E-state index in [2.05, 4.69) is 5.32 Å². The molecule has 0 heterocycles. The van der Waals surface area contributed by atoms with Gasteiger partial charge < -0.3 is 9.64 Å². The molecule has 0 atom stereocenters. The van der Waals surface area contributed by atoms with Gasteiger partial charge in [0.25, 0.3) is 0 Å². The van der Waals surface area contributed by atoms with Crippen LogP contribution in [0.15, 0.2) is 11.9 Å². The Hall–Kier alpha value is -1.70. The van der Waals surface area contributed by atoms with Crippen molar-refractivity contribution < 1.29 is 9.53 Å². The van der Waals surface area contributed by atoms with Gasteiger partial charge in [0.1, 0.15) is 17.4 Å². The second-order valence-corrected chi connectivity index (χ2v) is 4.25. The summed E-state index contributed by atoms with van der Waals surface area (Å²) in [6.07, 6.45) is 0.876. The molecule has 0 aliphatic carbocycles. The fourth-order valence-corrected chi connectivity index (χ4v) is 0.761. The molecule has 5 nitrogen and oxygen atoms in total. The number of carbonyl (C=O) groups excluding carboxylic acids is 1. The van der Waals surface area contributed by atoms with Crippen LogP contribution in [0, 0.1) is 11.3 Å². The smallest absolute Gasteiger partial charge is 0.412 e. The molecule has 0 aromatic rings. The Morgan fingerprint density at radius 1 is 1.47 bits per heavy atom. The number of allylic oxidation sites excluding steroid dienone is 1. The molecule has 0 unspecified atom stereocenters. The van der Waals surface area contributed by atoms with Crippen molar-refractivity contribution in [3.8, 4) is 6.07 Å². The zero-order valence-electron chi connectivity index (χ0n) is 9.79. The lowest BCUT2D eigenvalue weighted by atomic mass is 10.2. The molecule has 0 saturated carbocycles. The van der Waals surface area contributed by atoms with Crippen molar-refractivity contribution in [1.82, 2.24) is 10.2 Å². The molecule has 0 rings (SSSR count). The maximum absolute atomic E-state index is 11.3. The highest BCUT2D eigenvalue weighted by atomic mass is 16.6. The molecule has 0 spiro atoms. The molecule has 0 bridgehead atoms. The van der Waals surface area contributed by atoms with E-state index in [0.717, 1.165) is 0 Å². The molecule has 15 heavy (non-hydrogen) atoms. The Morgan fingerprint density at radius 3 is 2.33 bits per heavy atom. The molecule has 1 N–H and O–H groups in total. The number of hydrogen-bond donors (Lipinski definition) is 1. The molecule has 0 aliphatic rings. The number of hydrogen-bond acceptors (Lipinski definition) is 4. The van der Waals surface area contributed by atoms with Crippen LogP contribution in [0.5, 0.6) is 0 Å². The van der Waals surface area contributed by atoms with Gasteiger partial charge in [0, 0.05) is 20.3 Å². The van der Waals surface area contributed by atoms with Gasteiger partial charge in [-0.25, -0.2) is 4.79 Å². The number of ether oxygens (including phenoxy) is 1. The molecular formula is C10H17N3O2. The second-order valence-electron chi connectivity index (χ2n) is 4.25. The maximum atomic E-state index is 11.3. The number of amides is 1. The van der Waals surface area contributed by atoms with Gasteiger partial charge in [0.15, 0.2) is 0 Å². The van der Waals surface area contributed by atoms with Gasteiger partial charge in [0.05, 0.1) is 0 Å². The van der Waals surface area contributed by atoms with E-state index in [1.807, 2.05) is 6.07 Å². The third-order valence-electron chi connectivity index (χ3n) is 1.14. The van der Waals surface area contributed by atoms with Gasteiger partial charge in [0.2, 0.25) is 0 Å². The summed E-state index contributed by atoms with van der Waals surface area (Å²) >= 11 is 0. The predicted octanol–water partition coefficient (Wildman–Crippen LogP) is 1.44. The summed E-state index contributed by atoms with van der Waals surface area (Å²) in [5, 5.41) is 11.1. The summed E-state index contributed by atoms with van der Waals surface area (Å²) in [7, 11) is 3.52. The van der Waals surface area contributed by atoms with Crippen LogP contribution in [0.2, 0.25) is 0 Å². The van der Waals surface area contributed by atoms with E-state index >= 15 is 0 Å². The molecule has 0 aromatic carbocycles. The number of nitrogens with zero attached hydrogens (tertiary/aromatic N) is 2. The lowest BCUT2D eigenvalue weighted by Gasteiger charge is -2.19. The third kappa shape index (κ3) is 7.38. The van der Waals surface area contributed by atoms with E-state index in [0.29, 0.717) is 0 Å². The van der Waals surface area contributed by atoms with Gasteiger partial charge in [-0.2, -0.15) is 5.26 Å². The summed E-state index contributed by atoms with van der Waals surface area (Å²) in [6, 6.07) is 1.86. The van der Waals surface area contributed by atoms with Gasteiger partial charge in [-0.1, -0.05) is 0 Å². The Labute approximate surface area is 90.3 Å². The van der Waals surface area contributed by atoms with Crippen molar-refractivity contribution in [1.29, 1.82) is 5.26 Å². The lowest BCUT2D eigenvalue weighted by molar-refractivity contribution is 0.0547. The first-order valence-electron chi connectivity index (χ1n) is 4.53. The molecule has 0 saturated heterocycles. The van der Waals surface area contributed by atoms with Crippen LogP contribution < -0.4 is 5.32 Å². The number of rotatable bonds is 2. The van der Waals surface area contributed by atoms with Crippen molar-refractivity contribution in [2.45, 2.75) is 26.4 Å². The van der Waals surface area contributed by atoms with Gasteiger partial charge in [-0.15, -0.1) is 0 Å². The van der Waals surface area contributed by atoms with Gasteiger partial charge in [-0.05, 0) is 20.8 Å². The van der Waals surface area contributed by atoms with Crippen LogP contribution in [-0.4, -0.2) is 30.7 Å². The summed E-state index contributed by atoms with van der Waals surface area (Å²) in [5.74, 6) is 0. The molecule has 5 heteroatoms. The molecule has 1 amide bonds. The average molecular weight is 211 g/mol. The van der Waals surface area contributed by atoms with Crippen LogP contribution in [-0.2, 0) is 4.74 Å². The molecule has 0 aromatic heterocycles. The molecule has 0 aliphatic heterocycles. The Kier molecular flexibility index (Phi) is 4.65. The standard InChI is InChI=1S/C10H17N3O2/c1-10(2,3)15-9(14)12-8(6-11)7-13(4)5/h7H,1-5H3,(H,12,14). The minimum Gasteiger partial charge on any atom is -0.444 e. The zero-order valence-corrected chi connectivity index (χ0v) is 9.79. The van der Waals surface area contributed by atoms with Crippen molar-refractivity contribution in [2.24, 2.45) is 0 Å². The van der Waals surface area contributed by atoms with E-state index in [-0.39, 0.29) is 5.70 Å². The fourth-order valence-electron chi connectivity index (χ4n) is 0.761. The summed E-state index contributed by atoms with van der Waals surface area (Å²) in [4.78, 5) is 12.9. The number of alkyl carbamates (subject to hydrolysis) is 1. The largest absolute Gasteiger partial charge is 0.444 e. The van der Waals surface area contributed by atoms with E-state index < -0.39 is 11.7 Å². The topological polar surface area (TPSA) is 65.4 Å². The third-order valence-corrected chi connectivity index (χ3v) is 1.14. The lowest BCUT2D eigenvalue weighted by Crippen LogP contribution is -2.32. The summed E-state index contributed by atoms with van der Waals surface area (Å²) < 4.78 is 4.99. The van der Waals surface area contributed by atoms with Crippen LogP contribution in [0.3, 0.4) is 0 Å². The average Bonchev–Trinajstić information content (AvgIpc) is 1.98. The van der Waals surface area contributed by atoms with E-state index in [4.69, 9.17) is 10.00 Å². The SMILES string of the molecule is CN(C)C=C(C#N)NC(=O)OC(C)(C)C. The van der Waals surface area contributed by atoms with Gasteiger partial charge in [-0.3, -0.25) is 5.32 Å². The van der Waals surface area contributed by atoms with E-state index in [1.54, 1.807) is 39.8 Å². The van der Waals surface area contributed by atoms with Crippen molar-refractivity contribution in [3.05, 3.63) is 11.9 Å². The molecular weight excluding hydrogens is 194 g/mol. The summed E-state index contributed by atoms with van der Waals surface area (Å²) in [5.41, 5.74) is -0.419. The number of nitriles is 1. The van der Waals surface area contributed by atoms with Crippen molar-refractivity contribution in [3.63, 3.8) is 0 Å². The second kappa shape index (κ2) is 5.25. The first-order valence-corrected chi connectivity index (χ1v) is 4.53. The molecule has 0 radical (unpaired) electrons. The highest BCUT2D eigenvalue weighted by molar-refractivity contribution is 5.70. The maximum Gasteiger partial charge on any atom is 0.412 e. The quantitative estimate of drug-likeness (QED) is 0.702. The predicted molar refractivity (Wildman–Crippen MR) is 56.8 cm³/mol. The monoisotopic (exact) mass is 211 g/mol. The highest BCUT2D eigenvalue weighted by Crippen LogP contribution is 2.06. The van der Waals surface area contributed by atoms with Crippen molar-refractivity contribution in [2.75, 3.05) is 14.1 Å². The molecule has 84 valence electrons. The Morgan fingerprint density at radius 2 is 2.00 bits per heavy atom. The van der Waals surface area contributed by atoms with Crippen LogP contribution in [0.4, 0.5) is 4.79 Å². The normalized spacial score (nSPS) is 11.6. The first-order chi connectivity index (χ1) is 6.74. The minimum absolute atomic E-state index is 0.147. The Bertz CT molecular complexity index is 295. The highest BCUT2D eigenvalue weighted by Gasteiger charge is 2.16. The number of carbonyl (C=O) groups is 1. The van der Waals surface area contributed by atoms with Crippen LogP contribution in [0.25, 0.3) is 0 Å². The minimum atomic E-state index is -0.628. The first kappa shape index (κ1) is 13.3. The van der Waals surface area contributed by atoms with Crippen molar-refractivity contribution >= 4 is 6.09 Å². The number of nitrogens with one attached hydrogen (secondary N) is 1. The summed E-state index contributed by atoms with van der Waals surface area (Å²) in [6.45, 7) is 5.27. The van der Waals surface area contributed by atoms with Crippen LogP contribution >= 0.6 is 0 Å². The van der Waals surface area contributed by atoms with E-state index in [9.17, 15) is 4.79 Å². The fraction of sp³-hybridized carbons (Fsp3) is 0.600. The van der Waals surface area contributed by atoms with E-state index in [1.165, 1.54) is 6.20 Å². The van der Waals surface area contributed by atoms with Crippen LogP contribution in [0.1, 0.15) is 20.8 Å². The van der Waals surface area contributed by atoms with Gasteiger partial charge >= 0.3 is 6.09 Å². The zero-order chi connectivity index (χ0) is 12.1. The Balaban J connectivity index is 4.35.